The molecule has 2 N–H and O–H groups in total. The molecule has 1 aliphatic heterocycles. The van der Waals surface area contributed by atoms with Crippen molar-refractivity contribution < 1.29 is 23.8 Å². The Kier molecular flexibility index (Phi) is 4.18. The van der Waals surface area contributed by atoms with Crippen LogP contribution in [0.25, 0.3) is 0 Å². The zero-order chi connectivity index (χ0) is 16.6. The number of hydrogen-bond donors (Lipinski definition) is 2. The average Bonchev–Trinajstić information content (AvgIpc) is 3.15. The number of carbonyl (C=O) groups is 1. The van der Waals surface area contributed by atoms with Crippen molar-refractivity contribution in [1.82, 2.24) is 5.32 Å². The number of ether oxygens (including phenoxy) is 2. The molecule has 2 aromatic rings. The van der Waals surface area contributed by atoms with Gasteiger partial charge in [-0.1, -0.05) is 0 Å². The number of nitrogens with one attached hydrogen (secondary N) is 1. The fraction of sp³-hybridized carbons (Fsp3) is 0.438. The summed E-state index contributed by atoms with van der Waals surface area (Å²) in [7, 11) is 1.33. The molecule has 2 aromatic heterocycles. The molecule has 2 atom stereocenters. The molecular formula is C16H19NO5S. The van der Waals surface area contributed by atoms with Gasteiger partial charge in [-0.25, -0.2) is 4.79 Å². The van der Waals surface area contributed by atoms with E-state index in [0.717, 1.165) is 10.6 Å². The molecule has 0 amide bonds. The van der Waals surface area contributed by atoms with Gasteiger partial charge in [0.25, 0.3) is 0 Å². The number of furan rings is 1. The number of fused-ring (bicyclic) bond motifs is 1. The summed E-state index contributed by atoms with van der Waals surface area (Å²) >= 11 is 1.52. The molecule has 0 fully saturated rings. The van der Waals surface area contributed by atoms with Gasteiger partial charge in [0.1, 0.15) is 28.8 Å². The third kappa shape index (κ3) is 2.87. The predicted molar refractivity (Wildman–Crippen MR) is 84.7 cm³/mol. The lowest BCUT2D eigenvalue weighted by molar-refractivity contribution is -0.0635. The maximum absolute atomic E-state index is 11.7. The van der Waals surface area contributed by atoms with Crippen LogP contribution in [0, 0.1) is 0 Å². The van der Waals surface area contributed by atoms with Crippen LogP contribution < -0.4 is 10.1 Å². The Balaban J connectivity index is 1.81. The first-order chi connectivity index (χ1) is 10.9. The molecule has 3 heterocycles. The molecule has 1 aliphatic rings. The summed E-state index contributed by atoms with van der Waals surface area (Å²) < 4.78 is 15.9. The van der Waals surface area contributed by atoms with Crippen molar-refractivity contribution in [3.8, 4) is 5.75 Å². The van der Waals surface area contributed by atoms with Crippen LogP contribution in [-0.2, 0) is 11.3 Å². The van der Waals surface area contributed by atoms with E-state index < -0.39 is 17.7 Å². The standard InChI is InChI=1S/C16H19NO5S/c1-16(2)14(18)12(13-10(22-16)5-7-23-13)17-8-11-9(4-6-21-11)15(19)20-3/h4-7,12,14,17-18H,8H2,1-3H3/t12-,14+/m0/s1. The number of rotatable bonds is 4. The number of thiophene rings is 1. The van der Waals surface area contributed by atoms with Crippen molar-refractivity contribution in [1.29, 1.82) is 0 Å². The largest absolute Gasteiger partial charge is 0.484 e. The average molecular weight is 337 g/mol. The number of aliphatic hydroxyl groups excluding tert-OH is 1. The Morgan fingerprint density at radius 3 is 3.00 bits per heavy atom. The SMILES string of the molecule is COC(=O)c1ccoc1CN[C@H]1c2sccc2OC(C)(C)[C@@H]1O. The van der Waals surface area contributed by atoms with E-state index in [1.54, 1.807) is 6.07 Å². The number of esters is 1. The van der Waals surface area contributed by atoms with Crippen molar-refractivity contribution in [2.24, 2.45) is 0 Å². The van der Waals surface area contributed by atoms with E-state index in [1.165, 1.54) is 24.7 Å². The minimum atomic E-state index is -0.731. The van der Waals surface area contributed by atoms with Gasteiger partial charge < -0.3 is 19.0 Å². The molecule has 0 radical (unpaired) electrons. The van der Waals surface area contributed by atoms with E-state index in [2.05, 4.69) is 5.32 Å². The maximum Gasteiger partial charge on any atom is 0.341 e. The van der Waals surface area contributed by atoms with Gasteiger partial charge in [-0.2, -0.15) is 0 Å². The summed E-state index contributed by atoms with van der Waals surface area (Å²) in [5.41, 5.74) is -0.327. The highest BCUT2D eigenvalue weighted by atomic mass is 32.1. The highest BCUT2D eigenvalue weighted by Gasteiger charge is 2.43. The smallest absolute Gasteiger partial charge is 0.341 e. The molecule has 0 spiro atoms. The Labute approximate surface area is 138 Å². The summed E-state index contributed by atoms with van der Waals surface area (Å²) in [6, 6.07) is 3.17. The summed E-state index contributed by atoms with van der Waals surface area (Å²) in [5, 5.41) is 15.8. The Morgan fingerprint density at radius 1 is 1.48 bits per heavy atom. The predicted octanol–water partition coefficient (Wildman–Crippen LogP) is 2.49. The van der Waals surface area contributed by atoms with Crippen LogP contribution in [0.2, 0.25) is 0 Å². The Bertz CT molecular complexity index is 705. The lowest BCUT2D eigenvalue weighted by Gasteiger charge is -2.40. The van der Waals surface area contributed by atoms with E-state index in [-0.39, 0.29) is 6.04 Å². The molecular weight excluding hydrogens is 318 g/mol. The van der Waals surface area contributed by atoms with Gasteiger partial charge in [0.05, 0.1) is 30.8 Å². The maximum atomic E-state index is 11.7. The van der Waals surface area contributed by atoms with Crippen molar-refractivity contribution in [2.45, 2.75) is 38.1 Å². The zero-order valence-electron chi connectivity index (χ0n) is 13.2. The van der Waals surface area contributed by atoms with E-state index >= 15 is 0 Å². The summed E-state index contributed by atoms with van der Waals surface area (Å²) in [6.45, 7) is 3.99. The molecule has 0 saturated heterocycles. The van der Waals surface area contributed by atoms with Crippen molar-refractivity contribution in [2.75, 3.05) is 7.11 Å². The van der Waals surface area contributed by atoms with Gasteiger partial charge in [-0.15, -0.1) is 11.3 Å². The van der Waals surface area contributed by atoms with Gasteiger partial charge in [0, 0.05) is 0 Å². The van der Waals surface area contributed by atoms with Crippen LogP contribution in [0.4, 0.5) is 0 Å². The Morgan fingerprint density at radius 2 is 2.26 bits per heavy atom. The molecule has 124 valence electrons. The fourth-order valence-corrected chi connectivity index (χ4v) is 3.61. The van der Waals surface area contributed by atoms with Gasteiger partial charge in [0.2, 0.25) is 0 Å². The topological polar surface area (TPSA) is 80.9 Å². The number of methoxy groups -OCH3 is 1. The lowest BCUT2D eigenvalue weighted by Crippen LogP contribution is -2.52. The van der Waals surface area contributed by atoms with Gasteiger partial charge >= 0.3 is 5.97 Å². The first-order valence-electron chi connectivity index (χ1n) is 7.26. The summed E-state index contributed by atoms with van der Waals surface area (Å²) in [4.78, 5) is 12.6. The molecule has 0 unspecified atom stereocenters. The van der Waals surface area contributed by atoms with Gasteiger partial charge in [0.15, 0.2) is 0 Å². The third-order valence-corrected chi connectivity index (χ3v) is 4.96. The Hall–Kier alpha value is -1.83. The van der Waals surface area contributed by atoms with Crippen LogP contribution in [0.1, 0.15) is 40.9 Å². The second-order valence-corrected chi connectivity index (χ2v) is 6.85. The number of carbonyl (C=O) groups excluding carboxylic acids is 1. The van der Waals surface area contributed by atoms with Crippen LogP contribution in [0.3, 0.4) is 0 Å². The monoisotopic (exact) mass is 337 g/mol. The molecule has 0 aliphatic carbocycles. The minimum absolute atomic E-state index is 0.298. The molecule has 0 bridgehead atoms. The van der Waals surface area contributed by atoms with E-state index in [9.17, 15) is 9.90 Å². The third-order valence-electron chi connectivity index (χ3n) is 3.97. The van der Waals surface area contributed by atoms with Gasteiger partial charge in [-0.3, -0.25) is 5.32 Å². The van der Waals surface area contributed by atoms with Gasteiger partial charge in [-0.05, 0) is 31.4 Å². The highest BCUT2D eigenvalue weighted by molar-refractivity contribution is 7.10. The quantitative estimate of drug-likeness (QED) is 0.834. The van der Waals surface area contributed by atoms with Crippen molar-refractivity contribution >= 4 is 17.3 Å². The number of aliphatic hydroxyl groups is 1. The van der Waals surface area contributed by atoms with Crippen molar-refractivity contribution in [3.05, 3.63) is 40.0 Å². The van der Waals surface area contributed by atoms with Crippen LogP contribution in [-0.4, -0.2) is 29.9 Å². The lowest BCUT2D eigenvalue weighted by atomic mass is 9.90. The second kappa shape index (κ2) is 5.99. The van der Waals surface area contributed by atoms with Crippen LogP contribution in [0.5, 0.6) is 5.75 Å². The molecule has 7 heteroatoms. The minimum Gasteiger partial charge on any atom is -0.484 e. The molecule has 6 nitrogen and oxygen atoms in total. The van der Waals surface area contributed by atoms with E-state index in [0.29, 0.717) is 17.9 Å². The van der Waals surface area contributed by atoms with E-state index in [1.807, 2.05) is 25.3 Å². The summed E-state index contributed by atoms with van der Waals surface area (Å²) in [5.74, 6) is 0.808. The van der Waals surface area contributed by atoms with Crippen molar-refractivity contribution in [3.63, 3.8) is 0 Å². The zero-order valence-corrected chi connectivity index (χ0v) is 14.0. The second-order valence-electron chi connectivity index (χ2n) is 5.91. The summed E-state index contributed by atoms with van der Waals surface area (Å²) in [6.07, 6.45) is 0.717. The molecule has 0 aromatic carbocycles. The highest BCUT2D eigenvalue weighted by Crippen LogP contribution is 2.43. The normalized spacial score (nSPS) is 22.3. The molecule has 23 heavy (non-hydrogen) atoms. The first kappa shape index (κ1) is 16.0. The number of hydrogen-bond acceptors (Lipinski definition) is 7. The molecule has 3 rings (SSSR count). The van der Waals surface area contributed by atoms with E-state index in [4.69, 9.17) is 13.9 Å². The van der Waals surface area contributed by atoms with Crippen LogP contribution >= 0.6 is 11.3 Å². The molecule has 0 saturated carbocycles. The fourth-order valence-electron chi connectivity index (χ4n) is 2.69. The van der Waals surface area contributed by atoms with Crippen LogP contribution in [0.15, 0.2) is 28.2 Å². The first-order valence-corrected chi connectivity index (χ1v) is 8.14.